The number of rotatable bonds is 9. The molecule has 0 radical (unpaired) electrons. The molecule has 0 spiro atoms. The molecule has 2 fully saturated rings. The molecule has 228 valence electrons. The third-order valence-corrected chi connectivity index (χ3v) is 9.91. The molecule has 2 aromatic carbocycles. The number of nitrogens with zero attached hydrogens (tertiary/aromatic N) is 2. The number of aliphatic carboxylic acids is 1. The molecule has 1 saturated carbocycles. The Balaban J connectivity index is 1.31. The van der Waals surface area contributed by atoms with Gasteiger partial charge in [0.1, 0.15) is 17.7 Å². The van der Waals surface area contributed by atoms with Gasteiger partial charge in [-0.1, -0.05) is 51.1 Å². The summed E-state index contributed by atoms with van der Waals surface area (Å²) in [6.45, 7) is 9.22. The average molecular weight is 587 g/mol. The maximum Gasteiger partial charge on any atom is 0.306 e. The van der Waals surface area contributed by atoms with Crippen molar-refractivity contribution in [3.63, 3.8) is 0 Å². The maximum absolute atomic E-state index is 15.2. The van der Waals surface area contributed by atoms with E-state index >= 15 is 4.39 Å². The molecule has 0 bridgehead atoms. The minimum absolute atomic E-state index is 0.000525. The second kappa shape index (κ2) is 11.9. The standard InChI is InChI=1S/C36H43FN2O4/c1-22(35(40)41)34(24-6-7-24)26-8-5-23-10-12-31(43-32(23)18-26)25-9-11-28(29-19-33(42-4)38-20-30(29)37)27(17-25)21-39-15-13-36(2,3)14-16-39/h5,8-9,11,17-20,22,24,31,34H,6-7,10,12-16,21H2,1-4H3,(H,40,41)/t22-,31-,34?/m0/s1. The van der Waals surface area contributed by atoms with Crippen molar-refractivity contribution in [3.8, 4) is 22.8 Å². The van der Waals surface area contributed by atoms with Crippen LogP contribution in [0.5, 0.6) is 11.6 Å². The van der Waals surface area contributed by atoms with E-state index in [0.29, 0.717) is 22.8 Å². The molecule has 1 aromatic heterocycles. The summed E-state index contributed by atoms with van der Waals surface area (Å²) < 4.78 is 27.1. The fraction of sp³-hybridized carbons (Fsp3) is 0.500. The van der Waals surface area contributed by atoms with Gasteiger partial charge in [-0.2, -0.15) is 0 Å². The molecule has 43 heavy (non-hydrogen) atoms. The number of aryl methyl sites for hydroxylation is 1. The number of likely N-dealkylation sites (tertiary alicyclic amines) is 1. The fourth-order valence-corrected chi connectivity index (χ4v) is 6.91. The van der Waals surface area contributed by atoms with Crippen LogP contribution in [0.4, 0.5) is 4.39 Å². The zero-order valence-corrected chi connectivity index (χ0v) is 25.7. The molecule has 1 unspecified atom stereocenters. The van der Waals surface area contributed by atoms with E-state index in [1.165, 1.54) is 6.20 Å². The van der Waals surface area contributed by atoms with E-state index in [2.05, 4.69) is 54.1 Å². The second-order valence-electron chi connectivity index (χ2n) is 13.6. The highest BCUT2D eigenvalue weighted by Crippen LogP contribution is 2.48. The van der Waals surface area contributed by atoms with Gasteiger partial charge >= 0.3 is 5.97 Å². The number of aromatic nitrogens is 1. The largest absolute Gasteiger partial charge is 0.485 e. The van der Waals surface area contributed by atoms with Crippen molar-refractivity contribution < 1.29 is 23.8 Å². The lowest BCUT2D eigenvalue weighted by molar-refractivity contribution is -0.142. The van der Waals surface area contributed by atoms with Crippen molar-refractivity contribution in [1.29, 1.82) is 0 Å². The van der Waals surface area contributed by atoms with Crippen molar-refractivity contribution in [2.75, 3.05) is 20.2 Å². The Bertz CT molecular complexity index is 1490. The van der Waals surface area contributed by atoms with Crippen LogP contribution in [0.15, 0.2) is 48.7 Å². The SMILES string of the molecule is COc1cc(-c2ccc([C@@H]3CCc4ccc(C(C5CC5)[C@H](C)C(=O)O)cc4O3)cc2CN2CCC(C)(C)CC2)c(F)cn1. The number of carbonyl (C=O) groups is 1. The van der Waals surface area contributed by atoms with E-state index in [1.807, 2.05) is 13.0 Å². The number of pyridine rings is 1. The van der Waals surface area contributed by atoms with Crippen molar-refractivity contribution in [2.45, 2.75) is 77.9 Å². The van der Waals surface area contributed by atoms with Gasteiger partial charge in [0.15, 0.2) is 0 Å². The number of carboxylic acid groups (broad SMARTS) is 1. The predicted octanol–water partition coefficient (Wildman–Crippen LogP) is 7.80. The van der Waals surface area contributed by atoms with Crippen molar-refractivity contribution in [1.82, 2.24) is 9.88 Å². The van der Waals surface area contributed by atoms with Crippen LogP contribution in [0.25, 0.3) is 11.1 Å². The van der Waals surface area contributed by atoms with Gasteiger partial charge in [0.2, 0.25) is 5.88 Å². The van der Waals surface area contributed by atoms with Crippen LogP contribution in [-0.4, -0.2) is 41.2 Å². The van der Waals surface area contributed by atoms with Gasteiger partial charge in [-0.05, 0) is 103 Å². The third kappa shape index (κ3) is 6.42. The molecule has 7 heteroatoms. The Labute approximate surface area is 254 Å². The molecule has 6 rings (SSSR count). The van der Waals surface area contributed by atoms with Crippen LogP contribution in [0.2, 0.25) is 0 Å². The third-order valence-electron chi connectivity index (χ3n) is 9.91. The highest BCUT2D eigenvalue weighted by atomic mass is 19.1. The van der Waals surface area contributed by atoms with Gasteiger partial charge in [-0.3, -0.25) is 9.69 Å². The number of methoxy groups -OCH3 is 1. The van der Waals surface area contributed by atoms with Gasteiger partial charge < -0.3 is 14.6 Å². The summed E-state index contributed by atoms with van der Waals surface area (Å²) in [5, 5.41) is 9.77. The van der Waals surface area contributed by atoms with Crippen LogP contribution in [0.1, 0.15) is 87.2 Å². The number of benzene rings is 2. The Kier molecular flexibility index (Phi) is 8.20. The Morgan fingerprint density at radius 2 is 1.88 bits per heavy atom. The van der Waals surface area contributed by atoms with E-state index in [9.17, 15) is 9.90 Å². The number of halogens is 1. The molecule has 3 aromatic rings. The van der Waals surface area contributed by atoms with Gasteiger partial charge in [-0.15, -0.1) is 0 Å². The molecular formula is C36H43FN2O4. The lowest BCUT2D eigenvalue weighted by Gasteiger charge is -2.37. The summed E-state index contributed by atoms with van der Waals surface area (Å²) in [5.74, 6) is 0.104. The molecule has 1 aliphatic carbocycles. The molecule has 3 heterocycles. The number of carboxylic acids is 1. The summed E-state index contributed by atoms with van der Waals surface area (Å²) in [5.41, 5.74) is 6.04. The van der Waals surface area contributed by atoms with Gasteiger partial charge in [-0.25, -0.2) is 9.37 Å². The topological polar surface area (TPSA) is 71.9 Å². The number of piperidine rings is 1. The van der Waals surface area contributed by atoms with Crippen molar-refractivity contribution in [3.05, 3.63) is 76.7 Å². The van der Waals surface area contributed by atoms with E-state index in [-0.39, 0.29) is 17.8 Å². The number of hydrogen-bond donors (Lipinski definition) is 1. The lowest BCUT2D eigenvalue weighted by Crippen LogP contribution is -2.36. The first-order valence-corrected chi connectivity index (χ1v) is 15.7. The molecule has 6 nitrogen and oxygen atoms in total. The Morgan fingerprint density at radius 1 is 1.12 bits per heavy atom. The first kappa shape index (κ1) is 29.6. The quantitative estimate of drug-likeness (QED) is 0.276. The maximum atomic E-state index is 15.2. The predicted molar refractivity (Wildman–Crippen MR) is 165 cm³/mol. The Hall–Kier alpha value is -3.45. The summed E-state index contributed by atoms with van der Waals surface area (Å²) >= 11 is 0. The van der Waals surface area contributed by atoms with Crippen molar-refractivity contribution >= 4 is 5.97 Å². The summed E-state index contributed by atoms with van der Waals surface area (Å²) in [6, 6.07) is 14.3. The molecule has 2 aliphatic heterocycles. The molecule has 1 saturated heterocycles. The fourth-order valence-electron chi connectivity index (χ4n) is 6.91. The van der Waals surface area contributed by atoms with E-state index in [4.69, 9.17) is 9.47 Å². The van der Waals surface area contributed by atoms with Gasteiger partial charge in [0.05, 0.1) is 19.2 Å². The highest BCUT2D eigenvalue weighted by molar-refractivity contribution is 5.71. The van der Waals surface area contributed by atoms with E-state index in [0.717, 1.165) is 91.7 Å². The molecule has 1 N–H and O–H groups in total. The minimum atomic E-state index is -0.749. The van der Waals surface area contributed by atoms with Crippen LogP contribution in [0.3, 0.4) is 0 Å². The molecular weight excluding hydrogens is 543 g/mol. The van der Waals surface area contributed by atoms with Crippen molar-refractivity contribution in [2.24, 2.45) is 17.3 Å². The van der Waals surface area contributed by atoms with Crippen LogP contribution < -0.4 is 9.47 Å². The highest BCUT2D eigenvalue weighted by Gasteiger charge is 2.39. The molecule has 0 amide bonds. The number of ether oxygens (including phenoxy) is 2. The van der Waals surface area contributed by atoms with Gasteiger partial charge in [0.25, 0.3) is 0 Å². The van der Waals surface area contributed by atoms with Crippen LogP contribution in [0, 0.1) is 23.1 Å². The summed E-state index contributed by atoms with van der Waals surface area (Å²) in [4.78, 5) is 18.4. The Morgan fingerprint density at radius 3 is 2.58 bits per heavy atom. The van der Waals surface area contributed by atoms with Crippen LogP contribution >= 0.6 is 0 Å². The first-order valence-electron chi connectivity index (χ1n) is 15.7. The van der Waals surface area contributed by atoms with E-state index in [1.54, 1.807) is 13.2 Å². The lowest BCUT2D eigenvalue weighted by atomic mass is 9.82. The zero-order valence-electron chi connectivity index (χ0n) is 25.7. The van der Waals surface area contributed by atoms with E-state index < -0.39 is 11.9 Å². The number of fused-ring (bicyclic) bond motifs is 1. The summed E-state index contributed by atoms with van der Waals surface area (Å²) in [6.07, 6.45) is 7.25. The van der Waals surface area contributed by atoms with Gasteiger partial charge in [0, 0.05) is 18.2 Å². The first-order chi connectivity index (χ1) is 20.6. The normalized spacial score (nSPS) is 21.4. The monoisotopic (exact) mass is 586 g/mol. The molecule has 3 aliphatic rings. The number of hydrogen-bond acceptors (Lipinski definition) is 5. The smallest absolute Gasteiger partial charge is 0.306 e. The zero-order chi connectivity index (χ0) is 30.3. The average Bonchev–Trinajstić information content (AvgIpc) is 3.83. The van der Waals surface area contributed by atoms with Crippen LogP contribution in [-0.2, 0) is 17.8 Å². The minimum Gasteiger partial charge on any atom is -0.485 e. The summed E-state index contributed by atoms with van der Waals surface area (Å²) in [7, 11) is 1.54. The molecule has 3 atom stereocenters. The second-order valence-corrected chi connectivity index (χ2v) is 13.6.